The number of amides is 1. The van der Waals surface area contributed by atoms with Crippen LogP contribution in [0.2, 0.25) is 0 Å². The van der Waals surface area contributed by atoms with Gasteiger partial charge in [-0.05, 0) is 41.8 Å². The number of carbonyl (C=O) groups is 2. The Morgan fingerprint density at radius 3 is 2.56 bits per heavy atom. The van der Waals surface area contributed by atoms with Gasteiger partial charge in [-0.25, -0.2) is 0 Å². The largest absolute Gasteiger partial charge is 0.505 e. The van der Waals surface area contributed by atoms with Gasteiger partial charge in [-0.1, -0.05) is 37.3 Å². The smallest absolute Gasteiger partial charge is 0.297 e. The van der Waals surface area contributed by atoms with Crippen LogP contribution < -0.4 is 5.32 Å². The molecule has 138 valence electrons. The number of phenols is 1. The summed E-state index contributed by atoms with van der Waals surface area (Å²) in [5.41, 5.74) is 2.09. The monoisotopic (exact) mass is 365 g/mol. The van der Waals surface area contributed by atoms with Crippen molar-refractivity contribution < 1.29 is 14.7 Å². The minimum Gasteiger partial charge on any atom is -0.505 e. The second-order valence-corrected chi connectivity index (χ2v) is 6.03. The van der Waals surface area contributed by atoms with Gasteiger partial charge in [0.2, 0.25) is 0 Å². The van der Waals surface area contributed by atoms with Crippen LogP contribution in [0.3, 0.4) is 0 Å². The van der Waals surface area contributed by atoms with Crippen LogP contribution in [0.4, 0.5) is 5.69 Å². The number of tetrazole rings is 1. The molecule has 0 saturated heterocycles. The van der Waals surface area contributed by atoms with E-state index in [9.17, 15) is 14.7 Å². The number of ketones is 1. The summed E-state index contributed by atoms with van der Waals surface area (Å²) in [7, 11) is 0. The minimum absolute atomic E-state index is 0.128. The van der Waals surface area contributed by atoms with Crippen LogP contribution in [-0.2, 0) is 13.0 Å². The first-order chi connectivity index (χ1) is 13.0. The molecule has 2 N–H and O–H groups in total. The third-order valence-corrected chi connectivity index (χ3v) is 4.03. The Bertz CT molecular complexity index is 982. The van der Waals surface area contributed by atoms with Crippen molar-refractivity contribution in [3.05, 3.63) is 65.0 Å². The third-order valence-electron chi connectivity index (χ3n) is 4.03. The molecule has 0 radical (unpaired) electrons. The number of rotatable bonds is 6. The van der Waals surface area contributed by atoms with Crippen LogP contribution in [0, 0.1) is 0 Å². The maximum atomic E-state index is 12.4. The second kappa shape index (κ2) is 7.77. The summed E-state index contributed by atoms with van der Waals surface area (Å²) in [6.07, 6.45) is 0.648. The molecule has 0 spiro atoms. The summed E-state index contributed by atoms with van der Waals surface area (Å²) in [6.45, 7) is 3.65. The Morgan fingerprint density at radius 2 is 1.89 bits per heavy atom. The van der Waals surface area contributed by atoms with E-state index in [2.05, 4.69) is 20.7 Å². The molecule has 1 amide bonds. The Kier molecular flexibility index (Phi) is 5.25. The zero-order chi connectivity index (χ0) is 19.4. The van der Waals surface area contributed by atoms with Crippen LogP contribution in [0.15, 0.2) is 42.5 Å². The fourth-order valence-electron chi connectivity index (χ4n) is 2.59. The molecule has 0 bridgehead atoms. The van der Waals surface area contributed by atoms with Crippen molar-refractivity contribution in [2.24, 2.45) is 0 Å². The molecule has 3 aromatic rings. The number of aryl methyl sites for hydroxylation is 1. The number of hydrogen-bond acceptors (Lipinski definition) is 6. The molecular weight excluding hydrogens is 346 g/mol. The van der Waals surface area contributed by atoms with Crippen molar-refractivity contribution >= 4 is 17.4 Å². The molecule has 0 aliphatic heterocycles. The predicted molar refractivity (Wildman–Crippen MR) is 98.8 cm³/mol. The average Bonchev–Trinajstić information content (AvgIpc) is 3.12. The van der Waals surface area contributed by atoms with E-state index >= 15 is 0 Å². The lowest BCUT2D eigenvalue weighted by Crippen LogP contribution is -2.15. The molecule has 8 heteroatoms. The first-order valence-electron chi connectivity index (χ1n) is 8.47. The number of nitrogens with one attached hydrogen (secondary N) is 1. The van der Waals surface area contributed by atoms with E-state index in [1.807, 2.05) is 37.3 Å². The molecule has 2 aromatic carbocycles. The molecule has 8 nitrogen and oxygen atoms in total. The first kappa shape index (κ1) is 18.2. The van der Waals surface area contributed by atoms with E-state index in [1.165, 1.54) is 11.7 Å². The highest BCUT2D eigenvalue weighted by Gasteiger charge is 2.18. The highest BCUT2D eigenvalue weighted by molar-refractivity contribution is 6.05. The van der Waals surface area contributed by atoms with Gasteiger partial charge in [0.25, 0.3) is 11.7 Å². The zero-order valence-corrected chi connectivity index (χ0v) is 15.0. The third kappa shape index (κ3) is 4.17. The molecule has 27 heavy (non-hydrogen) atoms. The van der Waals surface area contributed by atoms with Crippen molar-refractivity contribution in [2.75, 3.05) is 5.32 Å². The quantitative estimate of drug-likeness (QED) is 0.513. The van der Waals surface area contributed by atoms with Gasteiger partial charge in [-0.3, -0.25) is 9.59 Å². The van der Waals surface area contributed by atoms with E-state index in [0.29, 0.717) is 13.0 Å². The molecule has 0 aliphatic carbocycles. The fraction of sp³-hybridized carbons (Fsp3) is 0.211. The van der Waals surface area contributed by atoms with Crippen molar-refractivity contribution in [3.8, 4) is 5.75 Å². The Morgan fingerprint density at radius 1 is 1.15 bits per heavy atom. The van der Waals surface area contributed by atoms with Gasteiger partial charge < -0.3 is 10.4 Å². The van der Waals surface area contributed by atoms with Crippen LogP contribution in [0.5, 0.6) is 5.75 Å². The minimum atomic E-state index is -0.618. The first-order valence-corrected chi connectivity index (χ1v) is 8.47. The molecule has 0 saturated carbocycles. The van der Waals surface area contributed by atoms with E-state index in [4.69, 9.17) is 0 Å². The van der Waals surface area contributed by atoms with Crippen molar-refractivity contribution in [2.45, 2.75) is 26.8 Å². The Balaban J connectivity index is 1.80. The topological polar surface area (TPSA) is 110 Å². The van der Waals surface area contributed by atoms with Crippen LogP contribution in [0.25, 0.3) is 0 Å². The second-order valence-electron chi connectivity index (χ2n) is 6.03. The number of benzene rings is 2. The van der Waals surface area contributed by atoms with Crippen molar-refractivity contribution in [1.82, 2.24) is 20.2 Å². The number of aromatic hydroxyl groups is 1. The van der Waals surface area contributed by atoms with Crippen molar-refractivity contribution in [3.63, 3.8) is 0 Å². The highest BCUT2D eigenvalue weighted by Crippen LogP contribution is 2.30. The molecule has 1 heterocycles. The summed E-state index contributed by atoms with van der Waals surface area (Å²) in [6, 6.07) is 12.8. The lowest BCUT2D eigenvalue weighted by Gasteiger charge is -2.11. The standard InChI is InChI=1S/C19H19N5O3/c1-3-13-9-15(12(2)25)17(26)16(10-13)20-19(27)18-21-23-24(22-18)11-14-7-5-4-6-8-14/h4-10,26H,3,11H2,1-2H3,(H,20,27). The maximum Gasteiger partial charge on any atom is 0.297 e. The summed E-state index contributed by atoms with van der Waals surface area (Å²) in [5, 5.41) is 24.5. The summed E-state index contributed by atoms with van der Waals surface area (Å²) >= 11 is 0. The number of carbonyl (C=O) groups excluding carboxylic acids is 2. The van der Waals surface area contributed by atoms with E-state index in [1.54, 1.807) is 12.1 Å². The van der Waals surface area contributed by atoms with Gasteiger partial charge in [0, 0.05) is 0 Å². The van der Waals surface area contributed by atoms with Crippen LogP contribution >= 0.6 is 0 Å². The van der Waals surface area contributed by atoms with Gasteiger partial charge >= 0.3 is 0 Å². The zero-order valence-electron chi connectivity index (χ0n) is 15.0. The maximum absolute atomic E-state index is 12.4. The number of hydrogen-bond donors (Lipinski definition) is 2. The van der Waals surface area contributed by atoms with Crippen LogP contribution in [0.1, 0.15) is 46.0 Å². The molecule has 0 atom stereocenters. The number of nitrogens with zero attached hydrogens (tertiary/aromatic N) is 4. The van der Waals surface area contributed by atoms with Gasteiger partial charge in [-0.2, -0.15) is 4.80 Å². The highest BCUT2D eigenvalue weighted by atomic mass is 16.3. The average molecular weight is 365 g/mol. The van der Waals surface area contributed by atoms with E-state index in [-0.39, 0.29) is 28.6 Å². The lowest BCUT2D eigenvalue weighted by atomic mass is 10.0. The van der Waals surface area contributed by atoms with E-state index < -0.39 is 5.91 Å². The number of Topliss-reactive ketones (excluding diaryl/α,β-unsaturated/α-hetero) is 1. The lowest BCUT2D eigenvalue weighted by molar-refractivity contribution is 0.1000. The molecule has 3 rings (SSSR count). The Hall–Kier alpha value is -3.55. The number of aromatic nitrogens is 4. The van der Waals surface area contributed by atoms with E-state index in [0.717, 1.165) is 11.1 Å². The van der Waals surface area contributed by atoms with Gasteiger partial charge in [0.05, 0.1) is 17.8 Å². The van der Waals surface area contributed by atoms with Gasteiger partial charge in [0.1, 0.15) is 5.75 Å². The normalized spacial score (nSPS) is 10.6. The Labute approximate surface area is 155 Å². The SMILES string of the molecule is CCc1cc(NC(=O)c2nnn(Cc3ccccc3)n2)c(O)c(C(C)=O)c1. The fourth-order valence-corrected chi connectivity index (χ4v) is 2.59. The number of phenolic OH excluding ortho intramolecular Hbond substituents is 1. The van der Waals surface area contributed by atoms with Gasteiger partial charge in [-0.15, -0.1) is 10.2 Å². The summed E-state index contributed by atoms with van der Waals surface area (Å²) in [4.78, 5) is 25.4. The molecule has 0 unspecified atom stereocenters. The van der Waals surface area contributed by atoms with Crippen molar-refractivity contribution in [1.29, 1.82) is 0 Å². The van der Waals surface area contributed by atoms with Gasteiger partial charge in [0.15, 0.2) is 5.78 Å². The predicted octanol–water partition coefficient (Wildman–Crippen LogP) is 2.44. The molecular formula is C19H19N5O3. The summed E-state index contributed by atoms with van der Waals surface area (Å²) in [5.74, 6) is -1.31. The molecule has 0 fully saturated rings. The number of anilines is 1. The molecule has 1 aromatic heterocycles. The summed E-state index contributed by atoms with van der Waals surface area (Å²) < 4.78 is 0. The molecule has 0 aliphatic rings. The van der Waals surface area contributed by atoms with Crippen LogP contribution in [-0.4, -0.2) is 37.0 Å².